The molecule has 0 aliphatic carbocycles. The highest BCUT2D eigenvalue weighted by atomic mass is 19.1. The summed E-state index contributed by atoms with van der Waals surface area (Å²) >= 11 is 0. The van der Waals surface area contributed by atoms with Crippen LogP contribution >= 0.6 is 0 Å². The molecule has 0 aliphatic heterocycles. The zero-order chi connectivity index (χ0) is 20.2. The van der Waals surface area contributed by atoms with Gasteiger partial charge in [0.05, 0.1) is 18.0 Å². The van der Waals surface area contributed by atoms with Crippen LogP contribution in [-0.4, -0.2) is 21.6 Å². The van der Waals surface area contributed by atoms with Crippen molar-refractivity contribution in [1.29, 1.82) is 0 Å². The summed E-state index contributed by atoms with van der Waals surface area (Å²) in [7, 11) is 0. The monoisotopic (exact) mass is 390 g/mol. The highest BCUT2D eigenvalue weighted by Gasteiger charge is 2.12. The molecule has 0 aliphatic rings. The number of hydrogen-bond acceptors (Lipinski definition) is 4. The molecule has 8 heteroatoms. The number of benzene rings is 2. The van der Waals surface area contributed by atoms with Crippen molar-refractivity contribution in [3.63, 3.8) is 0 Å². The number of furan rings is 1. The summed E-state index contributed by atoms with van der Waals surface area (Å²) in [5.41, 5.74) is 1.62. The van der Waals surface area contributed by atoms with Crippen LogP contribution in [0.1, 0.15) is 20.9 Å². The van der Waals surface area contributed by atoms with E-state index in [1.54, 1.807) is 54.6 Å². The van der Waals surface area contributed by atoms with Crippen LogP contribution < -0.4 is 10.6 Å². The lowest BCUT2D eigenvalue weighted by Crippen LogP contribution is -2.12. The van der Waals surface area contributed by atoms with Gasteiger partial charge in [-0.2, -0.15) is 5.10 Å². The Morgan fingerprint density at radius 3 is 2.24 bits per heavy atom. The Bertz CT molecular complexity index is 1150. The minimum absolute atomic E-state index is 0.203. The first-order chi connectivity index (χ1) is 14.1. The number of carbonyl (C=O) groups excluding carboxylic acids is 2. The number of amides is 2. The fourth-order valence-corrected chi connectivity index (χ4v) is 2.65. The van der Waals surface area contributed by atoms with Gasteiger partial charge < -0.3 is 15.1 Å². The lowest BCUT2D eigenvalue weighted by Gasteiger charge is -2.06. The molecular weight excluding hydrogens is 375 g/mol. The van der Waals surface area contributed by atoms with Crippen LogP contribution in [0.3, 0.4) is 0 Å². The predicted molar refractivity (Wildman–Crippen MR) is 105 cm³/mol. The van der Waals surface area contributed by atoms with E-state index in [-0.39, 0.29) is 28.8 Å². The molecule has 0 spiro atoms. The summed E-state index contributed by atoms with van der Waals surface area (Å²) in [6.07, 6.45) is 4.23. The highest BCUT2D eigenvalue weighted by molar-refractivity contribution is 6.04. The molecule has 0 saturated heterocycles. The molecule has 7 nitrogen and oxygen atoms in total. The molecule has 0 fully saturated rings. The van der Waals surface area contributed by atoms with Crippen molar-refractivity contribution in [2.75, 3.05) is 10.6 Å². The van der Waals surface area contributed by atoms with Crippen LogP contribution in [-0.2, 0) is 0 Å². The number of nitrogens with zero attached hydrogens (tertiary/aromatic N) is 2. The summed E-state index contributed by atoms with van der Waals surface area (Å²) in [6, 6.07) is 15.9. The topological polar surface area (TPSA) is 89.2 Å². The summed E-state index contributed by atoms with van der Waals surface area (Å²) < 4.78 is 20.2. The quantitative estimate of drug-likeness (QED) is 0.537. The molecule has 2 aromatic carbocycles. The predicted octanol–water partition coefficient (Wildman–Crippen LogP) is 4.11. The summed E-state index contributed by atoms with van der Waals surface area (Å²) in [4.78, 5) is 24.4. The molecule has 144 valence electrons. The fraction of sp³-hybridized carbons (Fsp3) is 0. The third-order valence-corrected chi connectivity index (χ3v) is 4.09. The number of nitrogens with one attached hydrogen (secondary N) is 2. The first-order valence-electron chi connectivity index (χ1n) is 8.66. The van der Waals surface area contributed by atoms with E-state index in [9.17, 15) is 14.0 Å². The molecule has 2 amide bonds. The van der Waals surface area contributed by atoms with E-state index in [0.29, 0.717) is 11.4 Å². The minimum Gasteiger partial charge on any atom is -0.459 e. The number of aromatic nitrogens is 2. The second-order valence-corrected chi connectivity index (χ2v) is 6.09. The molecule has 0 bridgehead atoms. The first kappa shape index (κ1) is 18.2. The third-order valence-electron chi connectivity index (χ3n) is 4.09. The Labute approximate surface area is 164 Å². The van der Waals surface area contributed by atoms with Crippen molar-refractivity contribution in [3.8, 4) is 5.69 Å². The average Bonchev–Trinajstić information content (AvgIpc) is 3.42. The third kappa shape index (κ3) is 4.06. The van der Waals surface area contributed by atoms with Gasteiger partial charge in [-0.15, -0.1) is 0 Å². The van der Waals surface area contributed by atoms with E-state index in [4.69, 9.17) is 4.42 Å². The van der Waals surface area contributed by atoms with Gasteiger partial charge in [0.1, 0.15) is 11.5 Å². The first-order valence-corrected chi connectivity index (χ1v) is 8.66. The van der Waals surface area contributed by atoms with E-state index in [1.807, 2.05) is 0 Å². The standard InChI is InChI=1S/C21H15FN4O3/c22-17-4-1-2-5-18(17)26-13-14(12-23-26)20(27)24-15-7-9-16(10-8-15)25-21(28)19-6-3-11-29-19/h1-13H,(H,24,27)(H,25,28). The summed E-state index contributed by atoms with van der Waals surface area (Å²) in [5, 5.41) is 9.46. The second kappa shape index (κ2) is 7.81. The van der Waals surface area contributed by atoms with Crippen LogP contribution in [0.5, 0.6) is 0 Å². The maximum Gasteiger partial charge on any atom is 0.291 e. The highest BCUT2D eigenvalue weighted by Crippen LogP contribution is 2.17. The number of carbonyl (C=O) groups is 2. The van der Waals surface area contributed by atoms with Gasteiger partial charge in [0.25, 0.3) is 11.8 Å². The maximum absolute atomic E-state index is 13.9. The van der Waals surface area contributed by atoms with E-state index < -0.39 is 5.82 Å². The second-order valence-electron chi connectivity index (χ2n) is 6.09. The number of anilines is 2. The summed E-state index contributed by atoms with van der Waals surface area (Å²) in [5.74, 6) is -0.990. The van der Waals surface area contributed by atoms with Gasteiger partial charge in [-0.25, -0.2) is 9.07 Å². The average molecular weight is 390 g/mol. The van der Waals surface area contributed by atoms with Crippen LogP contribution in [0.25, 0.3) is 5.69 Å². The number of halogens is 1. The molecule has 0 radical (unpaired) electrons. The Hall–Kier alpha value is -4.20. The molecule has 0 saturated carbocycles. The lowest BCUT2D eigenvalue weighted by molar-refractivity contribution is 0.0994. The zero-order valence-corrected chi connectivity index (χ0v) is 15.0. The van der Waals surface area contributed by atoms with Crippen molar-refractivity contribution >= 4 is 23.2 Å². The Morgan fingerprint density at radius 1 is 0.897 bits per heavy atom. The molecule has 4 aromatic rings. The SMILES string of the molecule is O=C(Nc1ccc(NC(=O)c2ccco2)cc1)c1cnn(-c2ccccc2F)c1. The normalized spacial score (nSPS) is 10.5. The minimum atomic E-state index is -0.435. The van der Waals surface area contributed by atoms with E-state index >= 15 is 0 Å². The number of hydrogen-bond donors (Lipinski definition) is 2. The molecule has 0 atom stereocenters. The number of para-hydroxylation sites is 1. The van der Waals surface area contributed by atoms with Crippen LogP contribution in [0.2, 0.25) is 0 Å². The van der Waals surface area contributed by atoms with Gasteiger partial charge >= 0.3 is 0 Å². The van der Waals surface area contributed by atoms with Crippen LogP contribution in [0.4, 0.5) is 15.8 Å². The zero-order valence-electron chi connectivity index (χ0n) is 15.0. The Balaban J connectivity index is 1.41. The molecule has 4 rings (SSSR count). The molecule has 2 heterocycles. The molecule has 0 unspecified atom stereocenters. The van der Waals surface area contributed by atoms with Crippen molar-refractivity contribution < 1.29 is 18.4 Å². The van der Waals surface area contributed by atoms with E-state index in [0.717, 1.165) is 0 Å². The summed E-state index contributed by atoms with van der Waals surface area (Å²) in [6.45, 7) is 0. The van der Waals surface area contributed by atoms with Gasteiger partial charge in [0.2, 0.25) is 0 Å². The van der Waals surface area contributed by atoms with Crippen molar-refractivity contribution in [1.82, 2.24) is 9.78 Å². The Morgan fingerprint density at radius 2 is 1.59 bits per heavy atom. The smallest absolute Gasteiger partial charge is 0.291 e. The van der Waals surface area contributed by atoms with Crippen molar-refractivity contribution in [2.24, 2.45) is 0 Å². The lowest BCUT2D eigenvalue weighted by atomic mass is 10.2. The van der Waals surface area contributed by atoms with Crippen LogP contribution in [0, 0.1) is 5.82 Å². The molecular formula is C21H15FN4O3. The van der Waals surface area contributed by atoms with Crippen molar-refractivity contribution in [2.45, 2.75) is 0 Å². The molecule has 2 aromatic heterocycles. The van der Waals surface area contributed by atoms with Crippen LogP contribution in [0.15, 0.2) is 83.7 Å². The molecule has 29 heavy (non-hydrogen) atoms. The van der Waals surface area contributed by atoms with Gasteiger partial charge in [0.15, 0.2) is 5.76 Å². The van der Waals surface area contributed by atoms with Crippen molar-refractivity contribution in [3.05, 3.63) is 96.5 Å². The maximum atomic E-state index is 13.9. The molecule has 2 N–H and O–H groups in total. The Kier molecular flexibility index (Phi) is 4.90. The van der Waals surface area contributed by atoms with Gasteiger partial charge in [-0.1, -0.05) is 12.1 Å². The van der Waals surface area contributed by atoms with E-state index in [2.05, 4.69) is 15.7 Å². The van der Waals surface area contributed by atoms with Gasteiger partial charge in [-0.3, -0.25) is 9.59 Å². The van der Waals surface area contributed by atoms with E-state index in [1.165, 1.54) is 29.4 Å². The largest absolute Gasteiger partial charge is 0.459 e. The van der Waals surface area contributed by atoms with Gasteiger partial charge in [-0.05, 0) is 48.5 Å². The number of rotatable bonds is 5. The van der Waals surface area contributed by atoms with Gasteiger partial charge in [0, 0.05) is 17.6 Å². The fourth-order valence-electron chi connectivity index (χ4n) is 2.65.